The minimum absolute atomic E-state index is 0. The number of benzene rings is 2. The Balaban J connectivity index is 0.00000289. The molecule has 2 heterocycles. The minimum atomic E-state index is -0.341. The fourth-order valence-electron chi connectivity index (χ4n) is 5.74. The lowest BCUT2D eigenvalue weighted by Gasteiger charge is -2.39. The van der Waals surface area contributed by atoms with Gasteiger partial charge in [0.2, 0.25) is 11.8 Å². The maximum Gasteiger partial charge on any atom is 0.232 e. The minimum Gasteiger partial charge on any atom is -0.345 e. The maximum atomic E-state index is 13.5. The van der Waals surface area contributed by atoms with Crippen LogP contribution in [-0.2, 0) is 15.0 Å². The quantitative estimate of drug-likeness (QED) is 0.590. The number of carbonyl (C=O) groups is 2. The number of hydrogen-bond acceptors (Lipinski definition) is 3. The molecule has 2 aromatic rings. The number of rotatable bonds is 6. The van der Waals surface area contributed by atoms with Crippen molar-refractivity contribution in [2.75, 3.05) is 44.7 Å². The van der Waals surface area contributed by atoms with Gasteiger partial charge in [0.05, 0.1) is 5.92 Å². The second-order valence-corrected chi connectivity index (χ2v) is 9.91. The summed E-state index contributed by atoms with van der Waals surface area (Å²) in [6.45, 7) is 3.98. The second-order valence-electron chi connectivity index (χ2n) is 9.91. The molecule has 0 N–H and O–H groups in total. The fourth-order valence-corrected chi connectivity index (χ4v) is 5.74. The summed E-state index contributed by atoms with van der Waals surface area (Å²) >= 11 is 0. The van der Waals surface area contributed by atoms with E-state index in [2.05, 4.69) is 41.3 Å². The molecule has 2 aromatic carbocycles. The summed E-state index contributed by atoms with van der Waals surface area (Å²) < 4.78 is 13.5. The average molecular weight is 498 g/mol. The zero-order chi connectivity index (χ0) is 23.7. The van der Waals surface area contributed by atoms with Gasteiger partial charge in [-0.1, -0.05) is 36.4 Å². The molecule has 0 aromatic heterocycles. The third-order valence-corrected chi connectivity index (χ3v) is 7.78. The molecule has 3 aliphatic rings. The number of allylic oxidation sites excluding steroid dienone is 1. The van der Waals surface area contributed by atoms with Crippen LogP contribution in [0.4, 0.5) is 10.1 Å². The Labute approximate surface area is 213 Å². The van der Waals surface area contributed by atoms with Gasteiger partial charge >= 0.3 is 0 Å². The lowest BCUT2D eigenvalue weighted by molar-refractivity contribution is -0.127. The molecule has 35 heavy (non-hydrogen) atoms. The molecule has 2 saturated heterocycles. The van der Waals surface area contributed by atoms with Crippen molar-refractivity contribution in [2.24, 2.45) is 5.92 Å². The third kappa shape index (κ3) is 5.14. The molecule has 186 valence electrons. The Morgan fingerprint density at radius 2 is 1.83 bits per heavy atom. The first-order valence-electron chi connectivity index (χ1n) is 12.3. The van der Waals surface area contributed by atoms with Gasteiger partial charge in [-0.3, -0.25) is 9.59 Å². The highest BCUT2D eigenvalue weighted by Gasteiger charge is 2.38. The van der Waals surface area contributed by atoms with Gasteiger partial charge < -0.3 is 14.7 Å². The van der Waals surface area contributed by atoms with Crippen molar-refractivity contribution in [3.05, 3.63) is 71.6 Å². The van der Waals surface area contributed by atoms with Crippen molar-refractivity contribution in [2.45, 2.75) is 31.1 Å². The van der Waals surface area contributed by atoms with Crippen molar-refractivity contribution in [3.8, 4) is 0 Å². The molecule has 1 spiro atoms. The van der Waals surface area contributed by atoms with Gasteiger partial charge in [0, 0.05) is 37.7 Å². The summed E-state index contributed by atoms with van der Waals surface area (Å²) in [5, 5.41) is 0. The third-order valence-electron chi connectivity index (χ3n) is 7.78. The summed E-state index contributed by atoms with van der Waals surface area (Å²) in [6.07, 6.45) is 7.96. The molecular weight excluding hydrogens is 465 g/mol. The first-order valence-corrected chi connectivity index (χ1v) is 12.3. The van der Waals surface area contributed by atoms with E-state index < -0.39 is 0 Å². The molecule has 2 fully saturated rings. The van der Waals surface area contributed by atoms with E-state index in [1.165, 1.54) is 23.3 Å². The van der Waals surface area contributed by atoms with Gasteiger partial charge in [-0.25, -0.2) is 4.39 Å². The summed E-state index contributed by atoms with van der Waals surface area (Å²) in [7, 11) is 1.74. The van der Waals surface area contributed by atoms with E-state index in [1.54, 1.807) is 29.0 Å². The largest absolute Gasteiger partial charge is 0.345 e. The van der Waals surface area contributed by atoms with Crippen molar-refractivity contribution in [3.63, 3.8) is 0 Å². The molecule has 0 saturated carbocycles. The van der Waals surface area contributed by atoms with Crippen LogP contribution in [0, 0.1) is 11.7 Å². The van der Waals surface area contributed by atoms with E-state index in [-0.39, 0.29) is 47.8 Å². The summed E-state index contributed by atoms with van der Waals surface area (Å²) in [6, 6.07) is 14.8. The molecule has 0 bridgehead atoms. The van der Waals surface area contributed by atoms with E-state index in [0.29, 0.717) is 18.8 Å². The fraction of sp³-hybridized carbons (Fsp3) is 0.429. The van der Waals surface area contributed by atoms with Crippen LogP contribution >= 0.6 is 12.4 Å². The van der Waals surface area contributed by atoms with Crippen LogP contribution in [0.25, 0.3) is 6.08 Å². The molecule has 1 atom stereocenters. The molecule has 7 heteroatoms. The topological polar surface area (TPSA) is 43.9 Å². The number of halogens is 2. The number of amides is 2. The van der Waals surface area contributed by atoms with Crippen LogP contribution in [0.3, 0.4) is 0 Å². The Hall–Kier alpha value is -2.70. The van der Waals surface area contributed by atoms with Crippen LogP contribution in [0.5, 0.6) is 0 Å². The van der Waals surface area contributed by atoms with Crippen molar-refractivity contribution < 1.29 is 14.0 Å². The number of carbonyl (C=O) groups excluding carboxylic acids is 2. The summed E-state index contributed by atoms with van der Waals surface area (Å²) in [5.74, 6) is -0.708. The average Bonchev–Trinajstić information content (AvgIpc) is 3.38. The van der Waals surface area contributed by atoms with E-state index in [9.17, 15) is 14.0 Å². The lowest BCUT2D eigenvalue weighted by atomic mass is 9.74. The highest BCUT2D eigenvalue weighted by molar-refractivity contribution is 5.99. The molecule has 5 rings (SSSR count). The number of hydrogen-bond donors (Lipinski definition) is 0. The summed E-state index contributed by atoms with van der Waals surface area (Å²) in [4.78, 5) is 31.2. The zero-order valence-electron chi connectivity index (χ0n) is 20.2. The molecule has 2 aliphatic heterocycles. The SMILES string of the molecule is CN1CC(C(=O)N(CCCN2CCC3(C=Cc4ccccc43)CC2)c2ccc(F)cc2)CC1=O.Cl. The van der Waals surface area contributed by atoms with Crippen molar-refractivity contribution >= 4 is 36.0 Å². The molecular formula is C28H33ClFN3O2. The first kappa shape index (κ1) is 25.4. The van der Waals surface area contributed by atoms with Gasteiger partial charge in [-0.2, -0.15) is 0 Å². The second kappa shape index (κ2) is 10.5. The predicted octanol–water partition coefficient (Wildman–Crippen LogP) is 4.51. The van der Waals surface area contributed by atoms with Gasteiger partial charge in [0.15, 0.2) is 0 Å². The highest BCUT2D eigenvalue weighted by atomic mass is 35.5. The van der Waals surface area contributed by atoms with Gasteiger partial charge in [-0.15, -0.1) is 12.4 Å². The molecule has 5 nitrogen and oxygen atoms in total. The van der Waals surface area contributed by atoms with E-state index in [0.717, 1.165) is 38.9 Å². The Morgan fingerprint density at radius 3 is 2.51 bits per heavy atom. The maximum absolute atomic E-state index is 13.5. The highest BCUT2D eigenvalue weighted by Crippen LogP contribution is 2.43. The van der Waals surface area contributed by atoms with Gasteiger partial charge in [0.25, 0.3) is 0 Å². The molecule has 2 amide bonds. The van der Waals surface area contributed by atoms with E-state index in [4.69, 9.17) is 0 Å². The van der Waals surface area contributed by atoms with Crippen LogP contribution in [0.2, 0.25) is 0 Å². The van der Waals surface area contributed by atoms with E-state index >= 15 is 0 Å². The van der Waals surface area contributed by atoms with Gasteiger partial charge in [0.1, 0.15) is 5.82 Å². The Morgan fingerprint density at radius 1 is 1.11 bits per heavy atom. The monoisotopic (exact) mass is 497 g/mol. The standard InChI is InChI=1S/C28H32FN3O2.ClH/c1-30-20-22(19-26(30)33)27(34)32(24-9-7-23(29)8-10-24)16-4-15-31-17-13-28(14-18-31)12-11-21-5-2-3-6-25(21)28;/h2-3,5-12,22H,4,13-20H2,1H3;1H. The number of anilines is 1. The number of nitrogens with zero attached hydrogens (tertiary/aromatic N) is 3. The van der Waals surface area contributed by atoms with Crippen LogP contribution in [0.15, 0.2) is 54.6 Å². The van der Waals surface area contributed by atoms with Crippen LogP contribution in [0.1, 0.15) is 36.8 Å². The summed E-state index contributed by atoms with van der Waals surface area (Å²) in [5.41, 5.74) is 3.67. The van der Waals surface area contributed by atoms with E-state index in [1.807, 2.05) is 0 Å². The smallest absolute Gasteiger partial charge is 0.232 e. The first-order chi connectivity index (χ1) is 16.4. The molecule has 1 unspecified atom stereocenters. The van der Waals surface area contributed by atoms with Crippen molar-refractivity contribution in [1.82, 2.24) is 9.80 Å². The number of piperidine rings is 1. The molecule has 1 aliphatic carbocycles. The Kier molecular flexibility index (Phi) is 7.62. The Bertz CT molecular complexity index is 1100. The lowest BCUT2D eigenvalue weighted by Crippen LogP contribution is -2.43. The van der Waals surface area contributed by atoms with Crippen molar-refractivity contribution in [1.29, 1.82) is 0 Å². The van der Waals surface area contributed by atoms with Crippen LogP contribution in [-0.4, -0.2) is 61.4 Å². The van der Waals surface area contributed by atoms with Gasteiger partial charge in [-0.05, 0) is 74.3 Å². The predicted molar refractivity (Wildman–Crippen MR) is 139 cm³/mol. The number of likely N-dealkylation sites (tertiary alicyclic amines) is 2. The molecule has 0 radical (unpaired) electrons. The zero-order valence-corrected chi connectivity index (χ0v) is 21.0. The number of fused-ring (bicyclic) bond motifs is 2. The van der Waals surface area contributed by atoms with Crippen LogP contribution < -0.4 is 4.90 Å². The normalized spacial score (nSPS) is 20.7.